The maximum atomic E-state index is 13.5. The first-order valence-electron chi connectivity index (χ1n) is 12.8. The van der Waals surface area contributed by atoms with E-state index in [9.17, 15) is 33.9 Å². The zero-order valence-corrected chi connectivity index (χ0v) is 21.3. The molecule has 11 heteroatoms. The molecule has 4 N–H and O–H groups in total. The molecule has 0 radical (unpaired) electrons. The summed E-state index contributed by atoms with van der Waals surface area (Å²) in [5.74, 6) is -4.67. The van der Waals surface area contributed by atoms with E-state index in [1.54, 1.807) is 19.9 Å². The van der Waals surface area contributed by atoms with Crippen LogP contribution < -0.4 is 16.0 Å². The topological polar surface area (TPSA) is 162 Å². The number of allylic oxidation sites excluding steroid dienone is 1. The van der Waals surface area contributed by atoms with E-state index in [1.807, 2.05) is 6.92 Å². The van der Waals surface area contributed by atoms with Crippen molar-refractivity contribution in [3.8, 4) is 0 Å². The number of nitrogens with one attached hydrogen (secondary N) is 3. The third-order valence-electron chi connectivity index (χ3n) is 6.75. The highest BCUT2D eigenvalue weighted by Gasteiger charge is 2.39. The van der Waals surface area contributed by atoms with Gasteiger partial charge >= 0.3 is 5.97 Å². The highest BCUT2D eigenvalue weighted by Crippen LogP contribution is 2.21. The van der Waals surface area contributed by atoms with E-state index < -0.39 is 47.7 Å². The monoisotopic (exact) mass is 506 g/mol. The Kier molecular flexibility index (Phi) is 11.1. The van der Waals surface area contributed by atoms with E-state index in [0.29, 0.717) is 51.4 Å². The molecule has 1 saturated heterocycles. The molecule has 1 fully saturated rings. The second-order valence-corrected chi connectivity index (χ2v) is 9.39. The van der Waals surface area contributed by atoms with Crippen LogP contribution in [-0.2, 0) is 28.8 Å². The zero-order valence-electron chi connectivity index (χ0n) is 21.3. The van der Waals surface area contributed by atoms with Gasteiger partial charge in [0.15, 0.2) is 0 Å². The molecule has 2 aliphatic rings. The number of hydrogen-bond acceptors (Lipinski definition) is 6. The number of carboxylic acid groups (broad SMARTS) is 1. The molecule has 1 unspecified atom stereocenters. The molecule has 36 heavy (non-hydrogen) atoms. The normalized spacial score (nSPS) is 24.2. The van der Waals surface area contributed by atoms with E-state index in [1.165, 1.54) is 4.90 Å². The van der Waals surface area contributed by atoms with Crippen LogP contribution in [0.4, 0.5) is 0 Å². The number of fused-ring (bicyclic) bond motifs is 1. The predicted molar refractivity (Wildman–Crippen MR) is 130 cm³/mol. The van der Waals surface area contributed by atoms with Crippen LogP contribution in [0.25, 0.3) is 0 Å². The summed E-state index contributed by atoms with van der Waals surface area (Å²) in [6, 6.07) is -4.09. The van der Waals surface area contributed by atoms with Gasteiger partial charge in [0.2, 0.25) is 17.9 Å². The average molecular weight is 507 g/mol. The van der Waals surface area contributed by atoms with Gasteiger partial charge in [-0.15, -0.1) is 0 Å². The highest BCUT2D eigenvalue weighted by atomic mass is 16.4. The summed E-state index contributed by atoms with van der Waals surface area (Å²) < 4.78 is 0. The number of carboxylic acids is 1. The largest absolute Gasteiger partial charge is 0.479 e. The van der Waals surface area contributed by atoms with Crippen molar-refractivity contribution in [2.24, 2.45) is 5.92 Å². The van der Waals surface area contributed by atoms with E-state index >= 15 is 0 Å². The van der Waals surface area contributed by atoms with E-state index in [4.69, 9.17) is 0 Å². The van der Waals surface area contributed by atoms with Gasteiger partial charge in [-0.05, 0) is 31.6 Å². The number of Topliss-reactive ketones (excluding diaryl/α,β-unsaturated/α-hetero) is 1. The minimum absolute atomic E-state index is 0.121. The maximum absolute atomic E-state index is 13.5. The molecule has 0 saturated carbocycles. The number of unbranched alkanes of at least 4 members (excludes halogenated alkanes) is 2. The second kappa shape index (κ2) is 13.7. The average Bonchev–Trinajstić information content (AvgIpc) is 2.87. The first-order valence-corrected chi connectivity index (χ1v) is 12.8. The van der Waals surface area contributed by atoms with Gasteiger partial charge in [-0.2, -0.15) is 0 Å². The van der Waals surface area contributed by atoms with Gasteiger partial charge < -0.3 is 26.0 Å². The lowest BCUT2D eigenvalue weighted by atomic mass is 9.95. The van der Waals surface area contributed by atoms with E-state index in [-0.39, 0.29) is 30.4 Å². The fourth-order valence-electron chi connectivity index (χ4n) is 4.26. The molecule has 2 aliphatic heterocycles. The minimum atomic E-state index is -1.92. The van der Waals surface area contributed by atoms with Gasteiger partial charge in [-0.1, -0.05) is 46.1 Å². The molecule has 0 aliphatic carbocycles. The summed E-state index contributed by atoms with van der Waals surface area (Å²) in [6.45, 7) is 5.65. The lowest BCUT2D eigenvalue weighted by Crippen LogP contribution is -2.62. The smallest absolute Gasteiger partial charge is 0.336 e. The van der Waals surface area contributed by atoms with Crippen LogP contribution in [0.2, 0.25) is 0 Å². The first kappa shape index (κ1) is 29.0. The van der Waals surface area contributed by atoms with Gasteiger partial charge in [0.25, 0.3) is 11.8 Å². The molecule has 0 bridgehead atoms. The standard InChI is InChI=1S/C25H38N4O7/c1-4-15(3)19-24(34)29-14-10-9-13-18(29)22(32)26-17(12-8-6-7-11-16(30)5-2)21(31)28-20(25(35)36)23(33)27-19/h13,15,17,19-20H,4-12,14H2,1-3H3,(H,26,32)(H,27,33)(H,28,31)(H,35,36)/t15?,17-,19-,20-/m0/s1. The number of aliphatic carboxylic acids is 1. The third-order valence-corrected chi connectivity index (χ3v) is 6.75. The van der Waals surface area contributed by atoms with Crippen LogP contribution in [0.5, 0.6) is 0 Å². The Hall–Kier alpha value is -3.24. The van der Waals surface area contributed by atoms with E-state index in [0.717, 1.165) is 0 Å². The van der Waals surface area contributed by atoms with Gasteiger partial charge in [0, 0.05) is 19.4 Å². The van der Waals surface area contributed by atoms with Crippen molar-refractivity contribution < 1.29 is 33.9 Å². The van der Waals surface area contributed by atoms with Crippen molar-refractivity contribution in [2.75, 3.05) is 6.54 Å². The van der Waals surface area contributed by atoms with Crippen LogP contribution in [0.1, 0.15) is 78.6 Å². The Balaban J connectivity index is 2.33. The molecule has 11 nitrogen and oxygen atoms in total. The van der Waals surface area contributed by atoms with Crippen molar-refractivity contribution in [1.82, 2.24) is 20.9 Å². The minimum Gasteiger partial charge on any atom is -0.479 e. The molecule has 4 atom stereocenters. The van der Waals surface area contributed by atoms with Crippen molar-refractivity contribution in [2.45, 2.75) is 96.7 Å². The lowest BCUT2D eigenvalue weighted by Gasteiger charge is -2.35. The fourth-order valence-corrected chi connectivity index (χ4v) is 4.26. The molecular weight excluding hydrogens is 468 g/mol. The van der Waals surface area contributed by atoms with Crippen molar-refractivity contribution >= 4 is 35.4 Å². The van der Waals surface area contributed by atoms with Crippen LogP contribution in [0.15, 0.2) is 11.8 Å². The number of rotatable bonds is 10. The summed E-state index contributed by atoms with van der Waals surface area (Å²) in [5, 5.41) is 17.0. The molecule has 0 aromatic rings. The molecular formula is C25H38N4O7. The molecule has 2 rings (SSSR count). The summed E-state index contributed by atoms with van der Waals surface area (Å²) in [4.78, 5) is 77.3. The van der Waals surface area contributed by atoms with Gasteiger partial charge in [0.05, 0.1) is 0 Å². The number of hydrogen-bond donors (Lipinski definition) is 4. The quantitative estimate of drug-likeness (QED) is 0.254. The fraction of sp³-hybridized carbons (Fsp3) is 0.680. The lowest BCUT2D eigenvalue weighted by molar-refractivity contribution is -0.149. The SMILES string of the molecule is CCC(=O)CCCCC[C@@H]1NC(=O)C2=CCCCN2C(=O)[C@H](C(C)CC)NC(=O)[C@@H](C(=O)O)NC1=O. The van der Waals surface area contributed by atoms with Crippen LogP contribution in [0.3, 0.4) is 0 Å². The zero-order chi connectivity index (χ0) is 26.8. The Morgan fingerprint density at radius 2 is 1.78 bits per heavy atom. The number of carbonyl (C=O) groups is 6. The van der Waals surface area contributed by atoms with Crippen LogP contribution in [-0.4, -0.2) is 70.1 Å². The summed E-state index contributed by atoms with van der Waals surface area (Å²) in [6.07, 6.45) is 6.22. The van der Waals surface area contributed by atoms with Gasteiger partial charge in [-0.3, -0.25) is 24.0 Å². The molecule has 200 valence electrons. The van der Waals surface area contributed by atoms with Gasteiger partial charge in [-0.25, -0.2) is 4.79 Å². The van der Waals surface area contributed by atoms with Gasteiger partial charge in [0.1, 0.15) is 23.6 Å². The predicted octanol–water partition coefficient (Wildman–Crippen LogP) is 1.02. The maximum Gasteiger partial charge on any atom is 0.336 e. The van der Waals surface area contributed by atoms with Crippen LogP contribution in [0, 0.1) is 5.92 Å². The third kappa shape index (κ3) is 7.63. The number of carbonyl (C=O) groups excluding carboxylic acids is 5. The number of nitrogens with zero attached hydrogens (tertiary/aromatic N) is 1. The number of ketones is 1. The molecule has 4 amide bonds. The summed E-state index contributed by atoms with van der Waals surface area (Å²) in [5.41, 5.74) is 0.121. The summed E-state index contributed by atoms with van der Waals surface area (Å²) >= 11 is 0. The Labute approximate surface area is 211 Å². The highest BCUT2D eigenvalue weighted by molar-refractivity contribution is 6.08. The summed E-state index contributed by atoms with van der Waals surface area (Å²) in [7, 11) is 0. The second-order valence-electron chi connectivity index (χ2n) is 9.39. The van der Waals surface area contributed by atoms with Crippen molar-refractivity contribution in [3.05, 3.63) is 11.8 Å². The Morgan fingerprint density at radius 1 is 1.06 bits per heavy atom. The van der Waals surface area contributed by atoms with Crippen molar-refractivity contribution in [3.63, 3.8) is 0 Å². The Bertz CT molecular complexity index is 901. The van der Waals surface area contributed by atoms with E-state index in [2.05, 4.69) is 16.0 Å². The molecule has 0 aromatic heterocycles. The van der Waals surface area contributed by atoms with Crippen LogP contribution >= 0.6 is 0 Å². The number of amides is 4. The molecule has 0 aromatic carbocycles. The molecule has 2 heterocycles. The molecule has 0 spiro atoms. The first-order chi connectivity index (χ1) is 17.1. The van der Waals surface area contributed by atoms with Crippen molar-refractivity contribution in [1.29, 1.82) is 0 Å². The Morgan fingerprint density at radius 3 is 2.42 bits per heavy atom.